The minimum Gasteiger partial charge on any atom is -0.396 e. The zero-order valence-corrected chi connectivity index (χ0v) is 12.4. The van der Waals surface area contributed by atoms with Crippen molar-refractivity contribution in [2.24, 2.45) is 5.92 Å². The number of nitrogen functional groups attached to an aromatic ring is 1. The molecule has 0 aromatic carbocycles. The van der Waals surface area contributed by atoms with Gasteiger partial charge in [-0.15, -0.1) is 23.1 Å². The van der Waals surface area contributed by atoms with Crippen molar-refractivity contribution in [1.29, 1.82) is 0 Å². The minimum absolute atomic E-state index is 0.00955. The molecular weight excluding hydrogens is 252 g/mol. The largest absolute Gasteiger partial charge is 0.396 e. The summed E-state index contributed by atoms with van der Waals surface area (Å²) in [4.78, 5) is 13.7. The van der Waals surface area contributed by atoms with Crippen molar-refractivity contribution in [2.75, 3.05) is 23.9 Å². The van der Waals surface area contributed by atoms with Gasteiger partial charge in [0, 0.05) is 12.5 Å². The number of thiophene rings is 1. The summed E-state index contributed by atoms with van der Waals surface area (Å²) in [5.74, 6) is 0.122. The number of hydrogen-bond acceptors (Lipinski definition) is 5. The number of thioether (sulfide) groups is 1. The summed E-state index contributed by atoms with van der Waals surface area (Å²) < 4.78 is 0. The highest BCUT2D eigenvalue weighted by Crippen LogP contribution is 2.42. The van der Waals surface area contributed by atoms with Crippen LogP contribution in [0.15, 0.2) is 4.90 Å². The van der Waals surface area contributed by atoms with Crippen LogP contribution in [0.5, 0.6) is 0 Å². The molecule has 0 saturated carbocycles. The number of anilines is 2. The lowest BCUT2D eigenvalue weighted by Crippen LogP contribution is -2.07. The van der Waals surface area contributed by atoms with Crippen molar-refractivity contribution in [3.05, 3.63) is 4.88 Å². The van der Waals surface area contributed by atoms with Gasteiger partial charge in [-0.05, 0) is 12.7 Å². The first kappa shape index (κ1) is 14.4. The Hall–Kier alpha value is -0.680. The Labute approximate surface area is 111 Å². The van der Waals surface area contributed by atoms with Crippen molar-refractivity contribution in [3.8, 4) is 0 Å². The molecule has 0 bridgehead atoms. The van der Waals surface area contributed by atoms with E-state index in [1.54, 1.807) is 11.8 Å². The molecule has 0 fully saturated rings. The first-order chi connectivity index (χ1) is 8.02. The van der Waals surface area contributed by atoms with Gasteiger partial charge < -0.3 is 11.1 Å². The van der Waals surface area contributed by atoms with E-state index in [0.29, 0.717) is 10.6 Å². The Morgan fingerprint density at radius 3 is 2.65 bits per heavy atom. The number of Topliss-reactive ketones (excluding diaryl/α,β-unsaturated/α-hetero) is 1. The number of hydrogen-bond donors (Lipinski definition) is 2. The molecule has 1 rings (SSSR count). The van der Waals surface area contributed by atoms with Gasteiger partial charge in [0.2, 0.25) is 0 Å². The molecule has 0 radical (unpaired) electrons. The number of carbonyl (C=O) groups is 1. The van der Waals surface area contributed by atoms with E-state index < -0.39 is 0 Å². The predicted octanol–water partition coefficient (Wildman–Crippen LogP) is 3.71. The first-order valence-electron chi connectivity index (χ1n) is 5.77. The lowest BCUT2D eigenvalue weighted by Gasteiger charge is -2.03. The molecule has 0 aliphatic heterocycles. The predicted molar refractivity (Wildman–Crippen MR) is 78.5 cm³/mol. The summed E-state index contributed by atoms with van der Waals surface area (Å²) in [7, 11) is 0. The average molecular weight is 272 g/mol. The molecule has 5 heteroatoms. The van der Waals surface area contributed by atoms with Gasteiger partial charge in [-0.25, -0.2) is 0 Å². The van der Waals surface area contributed by atoms with Gasteiger partial charge in [0.1, 0.15) is 5.00 Å². The number of nitrogens with one attached hydrogen (secondary N) is 1. The van der Waals surface area contributed by atoms with E-state index in [2.05, 4.69) is 12.2 Å². The molecule has 0 amide bonds. The highest BCUT2D eigenvalue weighted by atomic mass is 32.2. The molecule has 3 N–H and O–H groups in total. The smallest absolute Gasteiger partial charge is 0.177 e. The summed E-state index contributed by atoms with van der Waals surface area (Å²) in [5, 5.41) is 4.36. The molecule has 17 heavy (non-hydrogen) atoms. The lowest BCUT2D eigenvalue weighted by molar-refractivity contribution is 0.0944. The summed E-state index contributed by atoms with van der Waals surface area (Å²) in [6.07, 6.45) is 3.04. The maximum atomic E-state index is 12.0. The lowest BCUT2D eigenvalue weighted by atomic mass is 10.1. The summed E-state index contributed by atoms with van der Waals surface area (Å²) in [5.41, 5.74) is 6.69. The quantitative estimate of drug-likeness (QED) is 0.612. The van der Waals surface area contributed by atoms with Crippen molar-refractivity contribution in [1.82, 2.24) is 0 Å². The van der Waals surface area contributed by atoms with Crippen LogP contribution in [0.4, 0.5) is 10.7 Å². The molecule has 0 aliphatic rings. The van der Waals surface area contributed by atoms with E-state index in [0.717, 1.165) is 22.9 Å². The molecule has 96 valence electrons. The third kappa shape index (κ3) is 3.16. The van der Waals surface area contributed by atoms with Crippen molar-refractivity contribution >= 4 is 39.6 Å². The van der Waals surface area contributed by atoms with Crippen LogP contribution in [0, 0.1) is 5.92 Å². The number of ketones is 1. The fourth-order valence-corrected chi connectivity index (χ4v) is 3.58. The van der Waals surface area contributed by atoms with Crippen LogP contribution in [0.1, 0.15) is 36.9 Å². The van der Waals surface area contributed by atoms with Crippen LogP contribution in [0.2, 0.25) is 0 Å². The van der Waals surface area contributed by atoms with E-state index in [9.17, 15) is 4.79 Å². The highest BCUT2D eigenvalue weighted by Gasteiger charge is 2.22. The molecule has 0 aliphatic carbocycles. The maximum Gasteiger partial charge on any atom is 0.177 e. The van der Waals surface area contributed by atoms with Crippen molar-refractivity contribution in [2.45, 2.75) is 32.1 Å². The second-order valence-electron chi connectivity index (χ2n) is 4.15. The Morgan fingerprint density at radius 1 is 1.53 bits per heavy atom. The summed E-state index contributed by atoms with van der Waals surface area (Å²) >= 11 is 3.07. The van der Waals surface area contributed by atoms with E-state index in [1.807, 2.05) is 20.1 Å². The second-order valence-corrected chi connectivity index (χ2v) is 5.99. The molecule has 0 spiro atoms. The molecular formula is C12H20N2OS2. The van der Waals surface area contributed by atoms with E-state index >= 15 is 0 Å². The van der Waals surface area contributed by atoms with E-state index in [1.165, 1.54) is 11.3 Å². The fraction of sp³-hybridized carbons (Fsp3) is 0.583. The van der Waals surface area contributed by atoms with Gasteiger partial charge in [0.25, 0.3) is 0 Å². The molecule has 1 heterocycles. The Kier molecular flexibility index (Phi) is 5.33. The third-order valence-electron chi connectivity index (χ3n) is 2.39. The number of rotatable bonds is 6. The van der Waals surface area contributed by atoms with Gasteiger partial charge >= 0.3 is 0 Å². The third-order valence-corrected chi connectivity index (χ3v) is 4.53. The highest BCUT2D eigenvalue weighted by molar-refractivity contribution is 7.99. The second kappa shape index (κ2) is 6.31. The van der Waals surface area contributed by atoms with Crippen molar-refractivity contribution < 1.29 is 4.79 Å². The van der Waals surface area contributed by atoms with Crippen LogP contribution in [-0.4, -0.2) is 18.6 Å². The van der Waals surface area contributed by atoms with Crippen LogP contribution < -0.4 is 11.1 Å². The van der Waals surface area contributed by atoms with Crippen LogP contribution in [-0.2, 0) is 0 Å². The van der Waals surface area contributed by atoms with Gasteiger partial charge in [0.15, 0.2) is 5.78 Å². The fourth-order valence-electron chi connectivity index (χ4n) is 1.43. The molecule has 0 unspecified atom stereocenters. The van der Waals surface area contributed by atoms with Gasteiger partial charge in [0.05, 0.1) is 15.5 Å². The van der Waals surface area contributed by atoms with E-state index in [4.69, 9.17) is 5.73 Å². The normalized spacial score (nSPS) is 10.9. The monoisotopic (exact) mass is 272 g/mol. The van der Waals surface area contributed by atoms with Gasteiger partial charge in [-0.2, -0.15) is 0 Å². The Balaban J connectivity index is 3.08. The summed E-state index contributed by atoms with van der Waals surface area (Å²) in [6, 6.07) is 0. The molecule has 0 saturated heterocycles. The zero-order valence-electron chi connectivity index (χ0n) is 10.8. The molecule has 1 aromatic heterocycles. The maximum absolute atomic E-state index is 12.0. The van der Waals surface area contributed by atoms with Crippen LogP contribution in [0.25, 0.3) is 0 Å². The Bertz CT molecular complexity index is 399. The standard InChI is InChI=1S/C12H20N2OS2/c1-5-6-14-12-11(16-4)8(13)10(17-12)9(15)7(2)3/h7,14H,5-6,13H2,1-4H3. The molecule has 1 aromatic rings. The Morgan fingerprint density at radius 2 is 2.18 bits per heavy atom. The average Bonchev–Trinajstić information content (AvgIpc) is 2.61. The van der Waals surface area contributed by atoms with E-state index in [-0.39, 0.29) is 11.7 Å². The summed E-state index contributed by atoms with van der Waals surface area (Å²) in [6.45, 7) is 6.82. The SMILES string of the molecule is CCCNc1sc(C(=O)C(C)C)c(N)c1SC. The number of nitrogens with two attached hydrogens (primary N) is 1. The van der Waals surface area contributed by atoms with Gasteiger partial charge in [-0.1, -0.05) is 20.8 Å². The minimum atomic E-state index is -0.00955. The van der Waals surface area contributed by atoms with Crippen LogP contribution >= 0.6 is 23.1 Å². The number of carbonyl (C=O) groups excluding carboxylic acids is 1. The topological polar surface area (TPSA) is 55.1 Å². The van der Waals surface area contributed by atoms with Crippen LogP contribution in [0.3, 0.4) is 0 Å². The molecule has 3 nitrogen and oxygen atoms in total. The van der Waals surface area contributed by atoms with Crippen molar-refractivity contribution in [3.63, 3.8) is 0 Å². The first-order valence-corrected chi connectivity index (χ1v) is 7.81. The zero-order chi connectivity index (χ0) is 13.0. The van der Waals surface area contributed by atoms with Gasteiger partial charge in [-0.3, -0.25) is 4.79 Å². The molecule has 0 atom stereocenters.